The lowest BCUT2D eigenvalue weighted by molar-refractivity contribution is 0.641. The molecule has 1 rings (SSSR count). The van der Waals surface area contributed by atoms with Crippen LogP contribution < -0.4 is 5.32 Å². The van der Waals surface area contributed by atoms with Gasteiger partial charge in [-0.1, -0.05) is 43.1 Å². The third-order valence-corrected chi connectivity index (χ3v) is 2.84. The van der Waals surface area contributed by atoms with Gasteiger partial charge in [-0.2, -0.15) is 0 Å². The van der Waals surface area contributed by atoms with Gasteiger partial charge < -0.3 is 5.32 Å². The maximum Gasteiger partial charge on any atom is 0.0480 e. The van der Waals surface area contributed by atoms with E-state index in [0.717, 1.165) is 23.7 Å². The van der Waals surface area contributed by atoms with Gasteiger partial charge in [-0.05, 0) is 31.0 Å². The summed E-state index contributed by atoms with van der Waals surface area (Å²) in [5.74, 6) is 0. The van der Waals surface area contributed by atoms with Crippen molar-refractivity contribution in [1.82, 2.24) is 5.32 Å². The van der Waals surface area contributed by atoms with Gasteiger partial charge in [0.05, 0.1) is 0 Å². The summed E-state index contributed by atoms with van der Waals surface area (Å²) in [5, 5.41) is 4.29. The Morgan fingerprint density at radius 1 is 1.36 bits per heavy atom. The zero-order valence-electron chi connectivity index (χ0n) is 8.94. The van der Waals surface area contributed by atoms with Crippen LogP contribution in [0.2, 0.25) is 5.02 Å². The smallest absolute Gasteiger partial charge is 0.0480 e. The van der Waals surface area contributed by atoms with Gasteiger partial charge in [-0.25, -0.2) is 0 Å². The van der Waals surface area contributed by atoms with Gasteiger partial charge in [-0.3, -0.25) is 0 Å². The fraction of sp³-hybridized carbons (Fsp3) is 0.500. The Balaban J connectivity index is 2.46. The average Bonchev–Trinajstić information content (AvgIpc) is 2.19. The van der Waals surface area contributed by atoms with Gasteiger partial charge in [-0.15, -0.1) is 0 Å². The minimum absolute atomic E-state index is 0.876. The molecule has 0 amide bonds. The number of benzene rings is 1. The van der Waals surface area contributed by atoms with E-state index in [2.05, 4.69) is 24.4 Å². The maximum atomic E-state index is 6.17. The van der Waals surface area contributed by atoms with Crippen molar-refractivity contribution in [3.8, 4) is 0 Å². The molecule has 0 aliphatic heterocycles. The Bertz CT molecular complexity index is 284. The highest BCUT2D eigenvalue weighted by molar-refractivity contribution is 6.32. The average molecular weight is 212 g/mol. The molecule has 78 valence electrons. The fourth-order valence-electron chi connectivity index (χ4n) is 1.37. The second kappa shape index (κ2) is 6.05. The van der Waals surface area contributed by atoms with Crippen molar-refractivity contribution in [2.24, 2.45) is 0 Å². The van der Waals surface area contributed by atoms with E-state index >= 15 is 0 Å². The molecule has 0 aromatic heterocycles. The minimum Gasteiger partial charge on any atom is -0.313 e. The normalized spacial score (nSPS) is 10.5. The standard InChI is InChI=1S/C12H18ClN/c1-3-4-8-14-9-11-7-5-6-10(2)12(11)13/h5-7,14H,3-4,8-9H2,1-2H3. The lowest BCUT2D eigenvalue weighted by atomic mass is 10.1. The predicted octanol–water partition coefficient (Wildman–Crippen LogP) is 3.54. The van der Waals surface area contributed by atoms with Gasteiger partial charge in [0.1, 0.15) is 0 Å². The first-order chi connectivity index (χ1) is 6.75. The van der Waals surface area contributed by atoms with Crippen molar-refractivity contribution in [2.75, 3.05) is 6.54 Å². The second-order valence-electron chi connectivity index (χ2n) is 3.58. The van der Waals surface area contributed by atoms with Gasteiger partial charge in [0.25, 0.3) is 0 Å². The van der Waals surface area contributed by atoms with Crippen LogP contribution in [0.3, 0.4) is 0 Å². The van der Waals surface area contributed by atoms with Gasteiger partial charge in [0, 0.05) is 11.6 Å². The molecule has 0 aliphatic carbocycles. The molecule has 1 aromatic rings. The summed E-state index contributed by atoms with van der Waals surface area (Å²) in [6, 6.07) is 6.17. The molecule has 1 N–H and O–H groups in total. The number of nitrogens with one attached hydrogen (secondary N) is 1. The third kappa shape index (κ3) is 3.32. The van der Waals surface area contributed by atoms with Crippen LogP contribution in [0.5, 0.6) is 0 Å². The van der Waals surface area contributed by atoms with Crippen molar-refractivity contribution < 1.29 is 0 Å². The van der Waals surface area contributed by atoms with Crippen LogP contribution in [0, 0.1) is 6.92 Å². The molecule has 0 bridgehead atoms. The lowest BCUT2D eigenvalue weighted by Gasteiger charge is -2.07. The lowest BCUT2D eigenvalue weighted by Crippen LogP contribution is -2.14. The van der Waals surface area contributed by atoms with Gasteiger partial charge in [0.15, 0.2) is 0 Å². The molecule has 0 radical (unpaired) electrons. The Morgan fingerprint density at radius 2 is 2.14 bits per heavy atom. The molecule has 14 heavy (non-hydrogen) atoms. The summed E-state index contributed by atoms with van der Waals surface area (Å²) >= 11 is 6.17. The summed E-state index contributed by atoms with van der Waals surface area (Å²) < 4.78 is 0. The van der Waals surface area contributed by atoms with E-state index in [0.29, 0.717) is 0 Å². The maximum absolute atomic E-state index is 6.17. The zero-order valence-corrected chi connectivity index (χ0v) is 9.69. The van der Waals surface area contributed by atoms with Gasteiger partial charge in [0.2, 0.25) is 0 Å². The molecular weight excluding hydrogens is 194 g/mol. The van der Waals surface area contributed by atoms with Crippen LogP contribution in [-0.4, -0.2) is 6.54 Å². The van der Waals surface area contributed by atoms with E-state index in [9.17, 15) is 0 Å². The summed E-state index contributed by atoms with van der Waals surface area (Å²) in [6.45, 7) is 6.18. The first-order valence-electron chi connectivity index (χ1n) is 5.20. The van der Waals surface area contributed by atoms with Crippen molar-refractivity contribution in [2.45, 2.75) is 33.2 Å². The van der Waals surface area contributed by atoms with Crippen molar-refractivity contribution in [3.63, 3.8) is 0 Å². The molecule has 1 aromatic carbocycles. The highest BCUT2D eigenvalue weighted by Crippen LogP contribution is 2.19. The molecule has 1 nitrogen and oxygen atoms in total. The van der Waals surface area contributed by atoms with Crippen LogP contribution in [0.4, 0.5) is 0 Å². The number of aryl methyl sites for hydroxylation is 1. The molecule has 0 fully saturated rings. The molecule has 0 unspecified atom stereocenters. The summed E-state index contributed by atoms with van der Waals surface area (Å²) in [7, 11) is 0. The van der Waals surface area contributed by atoms with Crippen LogP contribution in [0.25, 0.3) is 0 Å². The Kier molecular flexibility index (Phi) is 4.99. The number of hydrogen-bond donors (Lipinski definition) is 1. The van der Waals surface area contributed by atoms with Gasteiger partial charge >= 0.3 is 0 Å². The zero-order chi connectivity index (χ0) is 10.4. The number of rotatable bonds is 5. The van der Waals surface area contributed by atoms with E-state index in [4.69, 9.17) is 11.6 Å². The molecule has 0 saturated carbocycles. The first-order valence-corrected chi connectivity index (χ1v) is 5.58. The van der Waals surface area contributed by atoms with Crippen LogP contribution >= 0.6 is 11.6 Å². The second-order valence-corrected chi connectivity index (χ2v) is 3.96. The number of hydrogen-bond acceptors (Lipinski definition) is 1. The summed E-state index contributed by atoms with van der Waals surface area (Å²) in [6.07, 6.45) is 2.46. The Hall–Kier alpha value is -0.530. The SMILES string of the molecule is CCCCNCc1cccc(C)c1Cl. The van der Waals surface area contributed by atoms with Crippen LogP contribution in [0.1, 0.15) is 30.9 Å². The molecule has 0 saturated heterocycles. The van der Waals surface area contributed by atoms with Crippen molar-refractivity contribution in [3.05, 3.63) is 34.3 Å². The van der Waals surface area contributed by atoms with Crippen LogP contribution in [0.15, 0.2) is 18.2 Å². The molecule has 0 atom stereocenters. The highest BCUT2D eigenvalue weighted by atomic mass is 35.5. The van der Waals surface area contributed by atoms with E-state index < -0.39 is 0 Å². The Morgan fingerprint density at radius 3 is 2.86 bits per heavy atom. The summed E-state index contributed by atoms with van der Waals surface area (Å²) in [5.41, 5.74) is 2.35. The van der Waals surface area contributed by atoms with E-state index in [1.165, 1.54) is 18.4 Å². The monoisotopic (exact) mass is 211 g/mol. The predicted molar refractivity (Wildman–Crippen MR) is 62.8 cm³/mol. The Labute approximate surface area is 91.5 Å². The number of halogens is 1. The molecule has 0 heterocycles. The largest absolute Gasteiger partial charge is 0.313 e. The molecular formula is C12H18ClN. The molecule has 0 aliphatic rings. The third-order valence-electron chi connectivity index (χ3n) is 2.29. The fourth-order valence-corrected chi connectivity index (χ4v) is 1.56. The summed E-state index contributed by atoms with van der Waals surface area (Å²) in [4.78, 5) is 0. The minimum atomic E-state index is 0.876. The quantitative estimate of drug-likeness (QED) is 0.735. The van der Waals surface area contributed by atoms with E-state index in [1.807, 2.05) is 13.0 Å². The van der Waals surface area contributed by atoms with Crippen LogP contribution in [-0.2, 0) is 6.54 Å². The number of unbranched alkanes of at least 4 members (excludes halogenated alkanes) is 1. The van der Waals surface area contributed by atoms with E-state index in [-0.39, 0.29) is 0 Å². The highest BCUT2D eigenvalue weighted by Gasteiger charge is 2.01. The first kappa shape index (κ1) is 11.5. The van der Waals surface area contributed by atoms with E-state index in [1.54, 1.807) is 0 Å². The molecule has 2 heteroatoms. The van der Waals surface area contributed by atoms with Crippen molar-refractivity contribution >= 4 is 11.6 Å². The topological polar surface area (TPSA) is 12.0 Å². The molecule has 0 spiro atoms. The van der Waals surface area contributed by atoms with Crippen molar-refractivity contribution in [1.29, 1.82) is 0 Å².